The minimum atomic E-state index is -4.10. The summed E-state index contributed by atoms with van der Waals surface area (Å²) in [4.78, 5) is 5.67. The molecule has 1 N–H and O–H groups in total. The lowest BCUT2D eigenvalue weighted by Gasteiger charge is -2.32. The van der Waals surface area contributed by atoms with E-state index in [-0.39, 0.29) is 6.04 Å². The summed E-state index contributed by atoms with van der Waals surface area (Å²) >= 11 is 0. The first-order chi connectivity index (χ1) is 9.92. The Morgan fingerprint density at radius 3 is 2.43 bits per heavy atom. The van der Waals surface area contributed by atoms with E-state index in [0.717, 1.165) is 11.4 Å². The van der Waals surface area contributed by atoms with Crippen molar-refractivity contribution in [3.8, 4) is 0 Å². The predicted molar refractivity (Wildman–Crippen MR) is 79.5 cm³/mol. The number of pyridine rings is 1. The molecule has 1 aliphatic heterocycles. The van der Waals surface area contributed by atoms with E-state index in [1.54, 1.807) is 6.20 Å². The third-order valence-electron chi connectivity index (χ3n) is 3.26. The van der Waals surface area contributed by atoms with Crippen molar-refractivity contribution >= 4 is 5.82 Å². The second kappa shape index (κ2) is 8.22. The first kappa shape index (κ1) is 17.8. The molecule has 0 amide bonds. The molecular weight excluding hydrogens is 279 g/mol. The number of nitrogens with one attached hydrogen (secondary N) is 1. The normalized spacial score (nSPS) is 17.0. The fourth-order valence-corrected chi connectivity index (χ4v) is 2.31. The summed E-state index contributed by atoms with van der Waals surface area (Å²) < 4.78 is 36.8. The number of likely N-dealkylation sites (tertiary alicyclic amines) is 1. The van der Waals surface area contributed by atoms with E-state index in [1.165, 1.54) is 4.90 Å². The summed E-state index contributed by atoms with van der Waals surface area (Å²) in [5, 5.41) is 3.29. The number of aromatic nitrogens is 1. The average molecular weight is 303 g/mol. The molecule has 0 atom stereocenters. The molecule has 0 radical (unpaired) electrons. The maximum atomic E-state index is 12.3. The smallest absolute Gasteiger partial charge is 0.367 e. The fourth-order valence-electron chi connectivity index (χ4n) is 2.31. The van der Waals surface area contributed by atoms with Crippen molar-refractivity contribution in [1.29, 1.82) is 0 Å². The Hall–Kier alpha value is -1.30. The lowest BCUT2D eigenvalue weighted by molar-refractivity contribution is -0.147. The Labute approximate surface area is 124 Å². The van der Waals surface area contributed by atoms with Crippen LogP contribution in [0.4, 0.5) is 19.0 Å². The first-order valence-electron chi connectivity index (χ1n) is 7.41. The maximum absolute atomic E-state index is 12.3. The predicted octanol–water partition coefficient (Wildman–Crippen LogP) is 3.85. The van der Waals surface area contributed by atoms with Crippen molar-refractivity contribution in [2.45, 2.75) is 45.8 Å². The van der Waals surface area contributed by atoms with Crippen molar-refractivity contribution in [2.75, 3.05) is 25.0 Å². The summed E-state index contributed by atoms with van der Waals surface area (Å²) in [6.07, 6.45) is -0.938. The second-order valence-corrected chi connectivity index (χ2v) is 5.03. The quantitative estimate of drug-likeness (QED) is 0.919. The van der Waals surface area contributed by atoms with Gasteiger partial charge in [-0.05, 0) is 37.5 Å². The van der Waals surface area contributed by atoms with Crippen LogP contribution in [-0.4, -0.2) is 41.7 Å². The minimum absolute atomic E-state index is 0.207. The van der Waals surface area contributed by atoms with Crippen molar-refractivity contribution in [3.63, 3.8) is 0 Å². The molecule has 1 saturated heterocycles. The van der Waals surface area contributed by atoms with Gasteiger partial charge in [0.25, 0.3) is 0 Å². The number of aryl methyl sites for hydroxylation is 1. The molecule has 0 aliphatic carbocycles. The summed E-state index contributed by atoms with van der Waals surface area (Å²) in [7, 11) is 0. The molecule has 120 valence electrons. The summed E-state index contributed by atoms with van der Waals surface area (Å²) in [6.45, 7) is 6.13. The van der Waals surface area contributed by atoms with Crippen LogP contribution in [0.15, 0.2) is 18.3 Å². The number of rotatable bonds is 3. The van der Waals surface area contributed by atoms with E-state index >= 15 is 0 Å². The van der Waals surface area contributed by atoms with Crippen LogP contribution in [-0.2, 0) is 0 Å². The van der Waals surface area contributed by atoms with Crippen LogP contribution in [0.1, 0.15) is 32.3 Å². The monoisotopic (exact) mass is 303 g/mol. The lowest BCUT2D eigenvalue weighted by atomic mass is 10.0. The lowest BCUT2D eigenvalue weighted by Crippen LogP contribution is -2.43. The van der Waals surface area contributed by atoms with E-state index in [2.05, 4.69) is 10.3 Å². The Bertz CT molecular complexity index is 413. The van der Waals surface area contributed by atoms with Crippen LogP contribution in [0.25, 0.3) is 0 Å². The molecular formula is C15H24F3N3. The number of alkyl halides is 3. The first-order valence-corrected chi connectivity index (χ1v) is 7.41. The SMILES string of the molecule is CC.Cc1ccnc(NC2CCN(CC(F)(F)F)CC2)c1. The zero-order valence-electron chi connectivity index (χ0n) is 12.9. The molecule has 2 rings (SSSR count). The van der Waals surface area contributed by atoms with Gasteiger partial charge in [-0.15, -0.1) is 0 Å². The van der Waals surface area contributed by atoms with Gasteiger partial charge in [0.1, 0.15) is 5.82 Å². The van der Waals surface area contributed by atoms with Gasteiger partial charge in [0.2, 0.25) is 0 Å². The van der Waals surface area contributed by atoms with Crippen molar-refractivity contribution in [3.05, 3.63) is 23.9 Å². The number of anilines is 1. The van der Waals surface area contributed by atoms with E-state index in [0.29, 0.717) is 25.9 Å². The van der Waals surface area contributed by atoms with Crippen LogP contribution in [0.2, 0.25) is 0 Å². The highest BCUT2D eigenvalue weighted by molar-refractivity contribution is 5.38. The molecule has 0 bridgehead atoms. The highest BCUT2D eigenvalue weighted by Gasteiger charge is 2.32. The van der Waals surface area contributed by atoms with E-state index in [9.17, 15) is 13.2 Å². The zero-order valence-corrected chi connectivity index (χ0v) is 12.9. The number of hydrogen-bond donors (Lipinski definition) is 1. The van der Waals surface area contributed by atoms with Gasteiger partial charge in [-0.3, -0.25) is 4.90 Å². The molecule has 0 saturated carbocycles. The third-order valence-corrected chi connectivity index (χ3v) is 3.26. The van der Waals surface area contributed by atoms with Crippen LogP contribution in [0, 0.1) is 6.92 Å². The average Bonchev–Trinajstić information content (AvgIpc) is 2.42. The van der Waals surface area contributed by atoms with Crippen molar-refractivity contribution < 1.29 is 13.2 Å². The Morgan fingerprint density at radius 2 is 1.90 bits per heavy atom. The highest BCUT2D eigenvalue weighted by Crippen LogP contribution is 2.21. The number of piperidine rings is 1. The van der Waals surface area contributed by atoms with Gasteiger partial charge in [-0.25, -0.2) is 4.98 Å². The van der Waals surface area contributed by atoms with E-state index in [4.69, 9.17) is 0 Å². The number of hydrogen-bond acceptors (Lipinski definition) is 3. The van der Waals surface area contributed by atoms with E-state index < -0.39 is 12.7 Å². The van der Waals surface area contributed by atoms with Crippen molar-refractivity contribution in [1.82, 2.24) is 9.88 Å². The standard InChI is InChI=1S/C13H18F3N3.C2H6/c1-10-2-5-17-12(8-10)18-11-3-6-19(7-4-11)9-13(14,15)16;1-2/h2,5,8,11H,3-4,6-7,9H2,1H3,(H,17,18);1-2H3. The molecule has 1 aromatic rings. The Kier molecular flexibility index (Phi) is 6.95. The van der Waals surface area contributed by atoms with Crippen LogP contribution >= 0.6 is 0 Å². The largest absolute Gasteiger partial charge is 0.401 e. The maximum Gasteiger partial charge on any atom is 0.401 e. The van der Waals surface area contributed by atoms with Gasteiger partial charge in [0.15, 0.2) is 0 Å². The molecule has 0 aromatic carbocycles. The number of halogens is 3. The number of nitrogens with zero attached hydrogens (tertiary/aromatic N) is 2. The summed E-state index contributed by atoms with van der Waals surface area (Å²) in [5.41, 5.74) is 1.12. The Balaban J connectivity index is 0.00000106. The fraction of sp³-hybridized carbons (Fsp3) is 0.667. The molecule has 3 nitrogen and oxygen atoms in total. The van der Waals surface area contributed by atoms with Gasteiger partial charge in [-0.1, -0.05) is 13.8 Å². The molecule has 6 heteroatoms. The van der Waals surface area contributed by atoms with Gasteiger partial charge < -0.3 is 5.32 Å². The van der Waals surface area contributed by atoms with E-state index in [1.807, 2.05) is 32.9 Å². The van der Waals surface area contributed by atoms with Gasteiger partial charge in [0, 0.05) is 25.3 Å². The Morgan fingerprint density at radius 1 is 1.29 bits per heavy atom. The van der Waals surface area contributed by atoms with Crippen LogP contribution in [0.5, 0.6) is 0 Å². The third kappa shape index (κ3) is 6.80. The molecule has 1 fully saturated rings. The zero-order chi connectivity index (χ0) is 15.9. The molecule has 0 spiro atoms. The van der Waals surface area contributed by atoms with Gasteiger partial charge in [0.05, 0.1) is 6.54 Å². The molecule has 2 heterocycles. The molecule has 0 unspecified atom stereocenters. The second-order valence-electron chi connectivity index (χ2n) is 5.03. The van der Waals surface area contributed by atoms with Crippen LogP contribution < -0.4 is 5.32 Å². The molecule has 1 aliphatic rings. The summed E-state index contributed by atoms with van der Waals surface area (Å²) in [5.74, 6) is 0.800. The highest BCUT2D eigenvalue weighted by atomic mass is 19.4. The summed E-state index contributed by atoms with van der Waals surface area (Å²) in [6, 6.07) is 4.07. The minimum Gasteiger partial charge on any atom is -0.367 e. The molecule has 21 heavy (non-hydrogen) atoms. The molecule has 1 aromatic heterocycles. The van der Waals surface area contributed by atoms with Gasteiger partial charge in [-0.2, -0.15) is 13.2 Å². The van der Waals surface area contributed by atoms with Gasteiger partial charge >= 0.3 is 6.18 Å². The van der Waals surface area contributed by atoms with Crippen molar-refractivity contribution in [2.24, 2.45) is 0 Å². The topological polar surface area (TPSA) is 28.2 Å². The van der Waals surface area contributed by atoms with Crippen LogP contribution in [0.3, 0.4) is 0 Å².